The highest BCUT2D eigenvalue weighted by molar-refractivity contribution is 5.10. The number of nitrogens with one attached hydrogen (secondary N) is 1. The van der Waals surface area contributed by atoms with Crippen molar-refractivity contribution in [1.29, 1.82) is 0 Å². The number of hydrogen-bond acceptors (Lipinski definition) is 3. The van der Waals surface area contributed by atoms with Gasteiger partial charge >= 0.3 is 0 Å². The molecule has 0 aromatic carbocycles. The second-order valence-electron chi connectivity index (χ2n) is 6.19. The molecule has 3 nitrogen and oxygen atoms in total. The number of likely N-dealkylation sites (N-methyl/N-ethyl adjacent to an activating group) is 1. The van der Waals surface area contributed by atoms with Crippen LogP contribution >= 0.6 is 0 Å². The third kappa shape index (κ3) is 8.84. The van der Waals surface area contributed by atoms with E-state index in [0.717, 1.165) is 19.6 Å². The van der Waals surface area contributed by atoms with Crippen molar-refractivity contribution in [3.63, 3.8) is 0 Å². The molecule has 1 aromatic rings. The molecule has 120 valence electrons. The number of unbranched alkanes of at least 4 members (excludes halogenated alkanes) is 5. The van der Waals surface area contributed by atoms with Gasteiger partial charge in [0.15, 0.2) is 0 Å². The molecule has 0 aliphatic rings. The molecule has 21 heavy (non-hydrogen) atoms. The van der Waals surface area contributed by atoms with Gasteiger partial charge in [-0.3, -0.25) is 4.98 Å². The fourth-order valence-electron chi connectivity index (χ4n) is 2.63. The Hall–Kier alpha value is -0.930. The number of rotatable bonds is 12. The Labute approximate surface area is 131 Å². The van der Waals surface area contributed by atoms with Crippen LogP contribution in [0.1, 0.15) is 57.1 Å². The van der Waals surface area contributed by atoms with Crippen LogP contribution in [0, 0.1) is 0 Å². The van der Waals surface area contributed by atoms with E-state index in [2.05, 4.69) is 48.4 Å². The van der Waals surface area contributed by atoms with Gasteiger partial charge in [-0.2, -0.15) is 0 Å². The van der Waals surface area contributed by atoms with Crippen LogP contribution in [0.5, 0.6) is 0 Å². The molecule has 1 atom stereocenters. The van der Waals surface area contributed by atoms with Gasteiger partial charge in [-0.25, -0.2) is 0 Å². The van der Waals surface area contributed by atoms with Crippen molar-refractivity contribution in [2.75, 3.05) is 33.7 Å². The molecular weight excluding hydrogens is 258 g/mol. The minimum atomic E-state index is 0.473. The molecule has 3 heteroatoms. The van der Waals surface area contributed by atoms with Crippen molar-refractivity contribution >= 4 is 0 Å². The van der Waals surface area contributed by atoms with Gasteiger partial charge in [-0.05, 0) is 39.2 Å². The Kier molecular flexibility index (Phi) is 10.1. The molecule has 0 saturated heterocycles. The highest BCUT2D eigenvalue weighted by Crippen LogP contribution is 2.12. The molecule has 1 unspecified atom stereocenters. The van der Waals surface area contributed by atoms with Gasteiger partial charge < -0.3 is 10.2 Å². The summed E-state index contributed by atoms with van der Waals surface area (Å²) in [5, 5.41) is 3.61. The summed E-state index contributed by atoms with van der Waals surface area (Å²) in [6, 6.07) is 6.21. The maximum atomic E-state index is 4.51. The predicted molar refractivity (Wildman–Crippen MR) is 91.8 cm³/mol. The van der Waals surface area contributed by atoms with Crippen LogP contribution in [-0.4, -0.2) is 43.6 Å². The highest BCUT2D eigenvalue weighted by atomic mass is 15.1. The van der Waals surface area contributed by atoms with E-state index < -0.39 is 0 Å². The summed E-state index contributed by atoms with van der Waals surface area (Å²) in [5.74, 6) is 0.473. The van der Waals surface area contributed by atoms with Crippen molar-refractivity contribution in [1.82, 2.24) is 15.2 Å². The zero-order valence-electron chi connectivity index (χ0n) is 14.1. The number of hydrogen-bond donors (Lipinski definition) is 1. The predicted octanol–water partition coefficient (Wildman–Crippen LogP) is 3.68. The summed E-state index contributed by atoms with van der Waals surface area (Å²) < 4.78 is 0. The topological polar surface area (TPSA) is 28.2 Å². The number of pyridine rings is 1. The number of nitrogens with zero attached hydrogens (tertiary/aromatic N) is 2. The van der Waals surface area contributed by atoms with Gasteiger partial charge in [0.25, 0.3) is 0 Å². The van der Waals surface area contributed by atoms with Crippen molar-refractivity contribution < 1.29 is 0 Å². The highest BCUT2D eigenvalue weighted by Gasteiger charge is 2.13. The van der Waals surface area contributed by atoms with Crippen LogP contribution in [0.15, 0.2) is 24.4 Å². The lowest BCUT2D eigenvalue weighted by Gasteiger charge is -2.21. The van der Waals surface area contributed by atoms with E-state index in [1.807, 2.05) is 12.3 Å². The van der Waals surface area contributed by atoms with E-state index in [-0.39, 0.29) is 0 Å². The minimum absolute atomic E-state index is 0.473. The molecule has 0 aliphatic heterocycles. The van der Waals surface area contributed by atoms with E-state index in [1.165, 1.54) is 44.2 Å². The first-order chi connectivity index (χ1) is 10.2. The first kappa shape index (κ1) is 18.1. The lowest BCUT2D eigenvalue weighted by Crippen LogP contribution is -2.30. The molecule has 0 fully saturated rings. The van der Waals surface area contributed by atoms with Crippen LogP contribution in [0.4, 0.5) is 0 Å². The maximum absolute atomic E-state index is 4.51. The van der Waals surface area contributed by atoms with Crippen molar-refractivity contribution in [3.8, 4) is 0 Å². The molecule has 0 bridgehead atoms. The quantitative estimate of drug-likeness (QED) is 0.595. The average Bonchev–Trinajstić information content (AvgIpc) is 2.49. The molecule has 1 aromatic heterocycles. The Balaban J connectivity index is 2.22. The second-order valence-corrected chi connectivity index (χ2v) is 6.19. The first-order valence-corrected chi connectivity index (χ1v) is 8.50. The van der Waals surface area contributed by atoms with Gasteiger partial charge in [-0.1, -0.05) is 45.1 Å². The standard InChI is InChI=1S/C18H33N3/c1-4-5-6-7-8-10-13-19-15-17(16-21(2)3)18-12-9-11-14-20-18/h9,11-12,14,17,19H,4-8,10,13,15-16H2,1-3H3. The van der Waals surface area contributed by atoms with Crippen LogP contribution in [0.25, 0.3) is 0 Å². The largest absolute Gasteiger partial charge is 0.316 e. The third-order valence-corrected chi connectivity index (χ3v) is 3.79. The monoisotopic (exact) mass is 291 g/mol. The van der Waals surface area contributed by atoms with E-state index in [1.54, 1.807) is 0 Å². The summed E-state index contributed by atoms with van der Waals surface area (Å²) in [6.07, 6.45) is 10.0. The van der Waals surface area contributed by atoms with Crippen LogP contribution in [-0.2, 0) is 0 Å². The van der Waals surface area contributed by atoms with Crippen LogP contribution in [0.3, 0.4) is 0 Å². The van der Waals surface area contributed by atoms with Crippen molar-refractivity contribution in [2.45, 2.75) is 51.4 Å². The molecule has 0 radical (unpaired) electrons. The van der Waals surface area contributed by atoms with Gasteiger partial charge in [0.2, 0.25) is 0 Å². The SMILES string of the molecule is CCCCCCCCNCC(CN(C)C)c1ccccn1. The fourth-order valence-corrected chi connectivity index (χ4v) is 2.63. The minimum Gasteiger partial charge on any atom is -0.316 e. The van der Waals surface area contributed by atoms with E-state index >= 15 is 0 Å². The van der Waals surface area contributed by atoms with Gasteiger partial charge in [0.1, 0.15) is 0 Å². The molecule has 1 heterocycles. The van der Waals surface area contributed by atoms with E-state index in [0.29, 0.717) is 5.92 Å². The summed E-state index contributed by atoms with van der Waals surface area (Å²) in [6.45, 7) is 5.46. The molecule has 0 amide bonds. The zero-order chi connectivity index (χ0) is 15.3. The maximum Gasteiger partial charge on any atom is 0.0460 e. The summed E-state index contributed by atoms with van der Waals surface area (Å²) in [5.41, 5.74) is 1.20. The normalized spacial score (nSPS) is 12.8. The van der Waals surface area contributed by atoms with Gasteiger partial charge in [0.05, 0.1) is 0 Å². The first-order valence-electron chi connectivity index (χ1n) is 8.50. The summed E-state index contributed by atoms with van der Waals surface area (Å²) >= 11 is 0. The van der Waals surface area contributed by atoms with Gasteiger partial charge in [0, 0.05) is 30.9 Å². The lowest BCUT2D eigenvalue weighted by atomic mass is 10.0. The zero-order valence-corrected chi connectivity index (χ0v) is 14.1. The molecule has 0 saturated carbocycles. The molecular formula is C18H33N3. The van der Waals surface area contributed by atoms with Crippen LogP contribution < -0.4 is 5.32 Å². The Morgan fingerprint density at radius 2 is 1.86 bits per heavy atom. The van der Waals surface area contributed by atoms with E-state index in [4.69, 9.17) is 0 Å². The smallest absolute Gasteiger partial charge is 0.0460 e. The Morgan fingerprint density at radius 3 is 2.52 bits per heavy atom. The number of aromatic nitrogens is 1. The second kappa shape index (κ2) is 11.7. The molecule has 0 spiro atoms. The third-order valence-electron chi connectivity index (χ3n) is 3.79. The van der Waals surface area contributed by atoms with Crippen molar-refractivity contribution in [2.24, 2.45) is 0 Å². The Bertz CT molecular complexity index is 338. The van der Waals surface area contributed by atoms with Gasteiger partial charge in [-0.15, -0.1) is 0 Å². The molecule has 0 aliphatic carbocycles. The van der Waals surface area contributed by atoms with Crippen LogP contribution in [0.2, 0.25) is 0 Å². The summed E-state index contributed by atoms with van der Waals surface area (Å²) in [4.78, 5) is 6.76. The fraction of sp³-hybridized carbons (Fsp3) is 0.722. The lowest BCUT2D eigenvalue weighted by molar-refractivity contribution is 0.360. The summed E-state index contributed by atoms with van der Waals surface area (Å²) in [7, 11) is 4.26. The molecule has 1 rings (SSSR count). The Morgan fingerprint density at radius 1 is 1.10 bits per heavy atom. The van der Waals surface area contributed by atoms with E-state index in [9.17, 15) is 0 Å². The van der Waals surface area contributed by atoms with Crippen molar-refractivity contribution in [3.05, 3.63) is 30.1 Å². The molecule has 1 N–H and O–H groups in total. The average molecular weight is 291 g/mol.